The number of nitrogens with zero attached hydrogens (tertiary/aromatic N) is 2. The Bertz CT molecular complexity index is 1300. The van der Waals surface area contributed by atoms with E-state index in [1.165, 1.54) is 30.2 Å². The first-order chi connectivity index (χ1) is 14.6. The number of halogens is 1. The Morgan fingerprint density at radius 1 is 1.19 bits per heavy atom. The van der Waals surface area contributed by atoms with Gasteiger partial charge in [0.05, 0.1) is 22.5 Å². The number of benzene rings is 2. The molecule has 0 fully saturated rings. The van der Waals surface area contributed by atoms with Gasteiger partial charge in [0.15, 0.2) is 5.75 Å². The van der Waals surface area contributed by atoms with Gasteiger partial charge >= 0.3 is 0 Å². The molecule has 162 valence electrons. The number of amides is 1. The minimum absolute atomic E-state index is 0.0205. The molecule has 0 radical (unpaired) electrons. The third kappa shape index (κ3) is 3.38. The smallest absolute Gasteiger partial charge is 0.259 e. The molecule has 0 spiro atoms. The van der Waals surface area contributed by atoms with Crippen LogP contribution in [0.25, 0.3) is 10.9 Å². The number of aromatic hydroxyl groups is 1. The highest BCUT2D eigenvalue weighted by molar-refractivity contribution is 7.92. The Morgan fingerprint density at radius 2 is 1.87 bits per heavy atom. The summed E-state index contributed by atoms with van der Waals surface area (Å²) in [5.41, 5.74) is 0.518. The van der Waals surface area contributed by atoms with Crippen LogP contribution in [0.3, 0.4) is 0 Å². The highest BCUT2D eigenvalue weighted by atomic mass is 32.2. The zero-order chi connectivity index (χ0) is 22.6. The number of pyridine rings is 1. The SMILES string of the molecule is CCS(=O)(=O)Nc1c2c(c(O)c3ncccc13)C(=O)N(Cc1ccc(F)cc1)C2(C)C. The number of hydrogen-bond acceptors (Lipinski definition) is 5. The second kappa shape index (κ2) is 7.19. The molecule has 9 heteroatoms. The summed E-state index contributed by atoms with van der Waals surface area (Å²) in [6, 6.07) is 9.08. The fourth-order valence-corrected chi connectivity index (χ4v) is 4.68. The van der Waals surface area contributed by atoms with E-state index < -0.39 is 21.5 Å². The van der Waals surface area contributed by atoms with E-state index in [2.05, 4.69) is 9.71 Å². The standard InChI is InChI=1S/C22H22FN3O4S/c1-4-31(29,30)25-18-15-6-5-11-24-19(15)20(27)16-17(18)22(2,3)26(21(16)28)12-13-7-9-14(23)10-8-13/h5-11,25,27H,4,12H2,1-3H3. The van der Waals surface area contributed by atoms with Crippen molar-refractivity contribution in [2.45, 2.75) is 32.9 Å². The zero-order valence-corrected chi connectivity index (χ0v) is 18.1. The predicted octanol–water partition coefficient (Wildman–Crippen LogP) is 3.73. The van der Waals surface area contributed by atoms with Crippen LogP contribution in [-0.2, 0) is 22.1 Å². The van der Waals surface area contributed by atoms with Gasteiger partial charge in [0, 0.05) is 23.7 Å². The van der Waals surface area contributed by atoms with Crippen LogP contribution in [0.2, 0.25) is 0 Å². The maximum absolute atomic E-state index is 13.4. The van der Waals surface area contributed by atoms with Gasteiger partial charge in [-0.05, 0) is 50.6 Å². The fourth-order valence-electron chi connectivity index (χ4n) is 4.01. The van der Waals surface area contributed by atoms with E-state index in [4.69, 9.17) is 0 Å². The first-order valence-electron chi connectivity index (χ1n) is 9.78. The first kappa shape index (κ1) is 21.0. The van der Waals surface area contributed by atoms with E-state index in [1.807, 2.05) is 0 Å². The monoisotopic (exact) mass is 443 g/mol. The number of carbonyl (C=O) groups is 1. The minimum atomic E-state index is -3.68. The molecule has 2 aromatic carbocycles. The van der Waals surface area contributed by atoms with Crippen molar-refractivity contribution in [3.8, 4) is 5.75 Å². The molecule has 7 nitrogen and oxygen atoms in total. The van der Waals surface area contributed by atoms with Crippen LogP contribution in [0.1, 0.15) is 42.3 Å². The number of phenolic OH excluding ortho intramolecular Hbond substituents is 1. The fraction of sp³-hybridized carbons (Fsp3) is 0.273. The summed E-state index contributed by atoms with van der Waals surface area (Å²) in [6.45, 7) is 5.24. The molecule has 0 saturated carbocycles. The van der Waals surface area contributed by atoms with Crippen LogP contribution in [0, 0.1) is 5.82 Å². The summed E-state index contributed by atoms with van der Waals surface area (Å²) >= 11 is 0. The van der Waals surface area contributed by atoms with Crippen molar-refractivity contribution in [1.82, 2.24) is 9.88 Å². The number of phenols is 1. The van der Waals surface area contributed by atoms with Gasteiger partial charge in [-0.1, -0.05) is 12.1 Å². The van der Waals surface area contributed by atoms with Crippen molar-refractivity contribution >= 4 is 32.5 Å². The maximum Gasteiger partial charge on any atom is 0.259 e. The van der Waals surface area contributed by atoms with Gasteiger partial charge in [-0.2, -0.15) is 0 Å². The van der Waals surface area contributed by atoms with Crippen LogP contribution in [0.15, 0.2) is 42.6 Å². The number of nitrogens with one attached hydrogen (secondary N) is 1. The number of rotatable bonds is 5. The van der Waals surface area contributed by atoms with Crippen LogP contribution < -0.4 is 4.72 Å². The Balaban J connectivity index is 1.96. The van der Waals surface area contributed by atoms with Crippen LogP contribution in [0.5, 0.6) is 5.75 Å². The molecular formula is C22H22FN3O4S. The number of carbonyl (C=O) groups excluding carboxylic acids is 1. The number of hydrogen-bond donors (Lipinski definition) is 2. The quantitative estimate of drug-likeness (QED) is 0.586. The lowest BCUT2D eigenvalue weighted by Crippen LogP contribution is -2.38. The van der Waals surface area contributed by atoms with Crippen molar-refractivity contribution in [2.24, 2.45) is 0 Å². The highest BCUT2D eigenvalue weighted by Crippen LogP contribution is 2.50. The number of fused-ring (bicyclic) bond motifs is 2. The molecule has 0 bridgehead atoms. The lowest BCUT2D eigenvalue weighted by atomic mass is 9.89. The Kier molecular flexibility index (Phi) is 4.88. The summed E-state index contributed by atoms with van der Waals surface area (Å²) in [7, 11) is -3.68. The van der Waals surface area contributed by atoms with Crippen molar-refractivity contribution < 1.29 is 22.7 Å². The molecule has 1 aliphatic heterocycles. The summed E-state index contributed by atoms with van der Waals surface area (Å²) < 4.78 is 40.8. The molecule has 1 aromatic heterocycles. The van der Waals surface area contributed by atoms with E-state index >= 15 is 0 Å². The van der Waals surface area contributed by atoms with Crippen LogP contribution in [-0.4, -0.2) is 35.1 Å². The molecule has 3 aromatic rings. The van der Waals surface area contributed by atoms with Gasteiger partial charge in [0.1, 0.15) is 11.3 Å². The van der Waals surface area contributed by atoms with Gasteiger partial charge in [0.2, 0.25) is 10.0 Å². The molecule has 2 heterocycles. The average molecular weight is 444 g/mol. The van der Waals surface area contributed by atoms with Crippen molar-refractivity contribution in [3.63, 3.8) is 0 Å². The second-order valence-electron chi connectivity index (χ2n) is 7.96. The zero-order valence-electron chi connectivity index (χ0n) is 17.3. The van der Waals surface area contributed by atoms with Crippen molar-refractivity contribution in [2.75, 3.05) is 10.5 Å². The molecule has 2 N–H and O–H groups in total. The number of sulfonamides is 1. The Labute approximate surface area is 179 Å². The molecule has 31 heavy (non-hydrogen) atoms. The van der Waals surface area contributed by atoms with E-state index in [0.29, 0.717) is 16.5 Å². The topological polar surface area (TPSA) is 99.6 Å². The second-order valence-corrected chi connectivity index (χ2v) is 9.97. The molecule has 0 unspecified atom stereocenters. The van der Waals surface area contributed by atoms with E-state index in [9.17, 15) is 22.7 Å². The van der Waals surface area contributed by atoms with Gasteiger partial charge in [-0.3, -0.25) is 14.5 Å². The predicted molar refractivity (Wildman–Crippen MR) is 116 cm³/mol. The molecule has 0 saturated heterocycles. The highest BCUT2D eigenvalue weighted by Gasteiger charge is 2.48. The summed E-state index contributed by atoms with van der Waals surface area (Å²) in [5.74, 6) is -1.28. The van der Waals surface area contributed by atoms with E-state index in [-0.39, 0.29) is 40.6 Å². The Morgan fingerprint density at radius 3 is 2.52 bits per heavy atom. The third-order valence-corrected chi connectivity index (χ3v) is 6.95. The van der Waals surface area contributed by atoms with Gasteiger partial charge < -0.3 is 10.0 Å². The minimum Gasteiger partial charge on any atom is -0.505 e. The molecule has 1 aliphatic rings. The average Bonchev–Trinajstić information content (AvgIpc) is 2.93. The van der Waals surface area contributed by atoms with E-state index in [0.717, 1.165) is 0 Å². The lowest BCUT2D eigenvalue weighted by Gasteiger charge is -2.33. The summed E-state index contributed by atoms with van der Waals surface area (Å²) in [5, 5.41) is 11.3. The number of aromatic nitrogens is 1. The van der Waals surface area contributed by atoms with Crippen LogP contribution in [0.4, 0.5) is 10.1 Å². The maximum atomic E-state index is 13.4. The van der Waals surface area contributed by atoms with Gasteiger partial charge in [-0.25, -0.2) is 12.8 Å². The molecule has 1 amide bonds. The van der Waals surface area contributed by atoms with Crippen LogP contribution >= 0.6 is 0 Å². The largest absolute Gasteiger partial charge is 0.505 e. The first-order valence-corrected chi connectivity index (χ1v) is 11.4. The normalized spacial score (nSPS) is 15.4. The van der Waals surface area contributed by atoms with Gasteiger partial charge in [-0.15, -0.1) is 0 Å². The molecular weight excluding hydrogens is 421 g/mol. The molecule has 4 rings (SSSR count). The third-order valence-electron chi connectivity index (χ3n) is 5.68. The van der Waals surface area contributed by atoms with Crippen molar-refractivity contribution in [1.29, 1.82) is 0 Å². The summed E-state index contributed by atoms with van der Waals surface area (Å²) in [6.07, 6.45) is 1.47. The molecule has 0 aliphatic carbocycles. The lowest BCUT2D eigenvalue weighted by molar-refractivity contribution is 0.0595. The Hall–Kier alpha value is -3.20. The number of anilines is 1. The van der Waals surface area contributed by atoms with Crippen molar-refractivity contribution in [3.05, 3.63) is 65.1 Å². The van der Waals surface area contributed by atoms with Gasteiger partial charge in [0.25, 0.3) is 5.91 Å². The summed E-state index contributed by atoms with van der Waals surface area (Å²) in [4.78, 5) is 19.1. The molecule has 0 atom stereocenters. The van der Waals surface area contributed by atoms with E-state index in [1.54, 1.807) is 38.1 Å².